The van der Waals surface area contributed by atoms with E-state index in [9.17, 15) is 4.79 Å². The molecule has 1 amide bonds. The number of rotatable bonds is 7. The molecule has 0 saturated carbocycles. The molecule has 0 fully saturated rings. The van der Waals surface area contributed by atoms with Gasteiger partial charge in [0.1, 0.15) is 12.4 Å². The van der Waals surface area contributed by atoms with Crippen molar-refractivity contribution in [3.8, 4) is 11.1 Å². The molecule has 30 heavy (non-hydrogen) atoms. The van der Waals surface area contributed by atoms with Gasteiger partial charge in [0.15, 0.2) is 0 Å². The highest BCUT2D eigenvalue weighted by molar-refractivity contribution is 5.79. The van der Waals surface area contributed by atoms with Crippen LogP contribution in [0.1, 0.15) is 49.7 Å². The number of carbonyl (C=O) groups is 1. The summed E-state index contributed by atoms with van der Waals surface area (Å²) in [4.78, 5) is 14.7. The normalized spacial score (nSPS) is 17.5. The second-order valence-electron chi connectivity index (χ2n) is 7.93. The van der Waals surface area contributed by atoms with Crippen LogP contribution in [0.25, 0.3) is 11.1 Å². The van der Waals surface area contributed by atoms with Gasteiger partial charge in [0.25, 0.3) is 0 Å². The number of hydrogen-bond donors (Lipinski definition) is 0. The van der Waals surface area contributed by atoms with Gasteiger partial charge >= 0.3 is 6.09 Å². The van der Waals surface area contributed by atoms with Crippen molar-refractivity contribution in [1.82, 2.24) is 4.90 Å². The summed E-state index contributed by atoms with van der Waals surface area (Å²) < 4.78 is 11.4. The third-order valence-electron chi connectivity index (χ3n) is 6.11. The minimum absolute atomic E-state index is 0.0469. The van der Waals surface area contributed by atoms with Crippen LogP contribution in [0, 0.1) is 0 Å². The molecule has 156 valence electrons. The zero-order valence-corrected chi connectivity index (χ0v) is 17.8. The van der Waals surface area contributed by atoms with E-state index in [2.05, 4.69) is 49.9 Å². The zero-order valence-electron chi connectivity index (χ0n) is 17.8. The molecule has 0 bridgehead atoms. The lowest BCUT2D eigenvalue weighted by Gasteiger charge is -2.27. The Hall–Kier alpha value is -3.01. The zero-order chi connectivity index (χ0) is 21.1. The second kappa shape index (κ2) is 8.78. The molecule has 1 aliphatic carbocycles. The minimum Gasteiger partial charge on any atom is -0.499 e. The van der Waals surface area contributed by atoms with Crippen LogP contribution in [-0.2, 0) is 9.47 Å². The number of methoxy groups -OCH3 is 1. The quantitative estimate of drug-likeness (QED) is 0.513. The highest BCUT2D eigenvalue weighted by Gasteiger charge is 2.36. The van der Waals surface area contributed by atoms with E-state index in [1.165, 1.54) is 22.3 Å². The average molecular weight is 404 g/mol. The molecule has 2 aromatic carbocycles. The fraction of sp³-hybridized carbons (Fsp3) is 0.346. The van der Waals surface area contributed by atoms with Crippen molar-refractivity contribution in [2.24, 2.45) is 0 Å². The van der Waals surface area contributed by atoms with E-state index >= 15 is 0 Å². The van der Waals surface area contributed by atoms with Crippen LogP contribution in [0.15, 0.2) is 72.6 Å². The first-order valence-corrected chi connectivity index (χ1v) is 10.7. The van der Waals surface area contributed by atoms with Gasteiger partial charge in [-0.25, -0.2) is 4.79 Å². The summed E-state index contributed by atoms with van der Waals surface area (Å²) in [5.74, 6) is 0.829. The Morgan fingerprint density at radius 3 is 2.27 bits per heavy atom. The van der Waals surface area contributed by atoms with Crippen molar-refractivity contribution in [3.05, 3.63) is 83.8 Å². The Morgan fingerprint density at radius 1 is 1.03 bits per heavy atom. The number of benzene rings is 2. The van der Waals surface area contributed by atoms with E-state index in [-0.39, 0.29) is 18.1 Å². The van der Waals surface area contributed by atoms with Gasteiger partial charge in [-0.3, -0.25) is 4.90 Å². The molecule has 4 nitrogen and oxygen atoms in total. The van der Waals surface area contributed by atoms with Gasteiger partial charge < -0.3 is 9.47 Å². The smallest absolute Gasteiger partial charge is 0.414 e. The number of fused-ring (bicyclic) bond motifs is 3. The summed E-state index contributed by atoms with van der Waals surface area (Å²) >= 11 is 0. The van der Waals surface area contributed by atoms with Crippen molar-refractivity contribution in [1.29, 1.82) is 0 Å². The van der Waals surface area contributed by atoms with Gasteiger partial charge in [0.2, 0.25) is 0 Å². The summed E-state index contributed by atoms with van der Waals surface area (Å²) in [5.41, 5.74) is 5.50. The van der Waals surface area contributed by atoms with Crippen molar-refractivity contribution in [2.75, 3.05) is 13.7 Å². The standard InChI is InChI=1S/C26H29NO3/c1-4-5-6-15-24-25(29-3)16-18(2)27(24)26(28)30-17-23-21-13-9-7-11-19(21)20-12-8-10-14-22(20)23/h7-14,16,23-24H,2,4-6,15,17H2,1,3H3/t24-/m1/s1. The SMILES string of the molecule is C=C1C=C(OC)[C@@H](CCCCC)N1C(=O)OCC1c2ccccc2-c2ccccc21. The number of carbonyl (C=O) groups excluding carboxylic acids is 1. The Kier molecular flexibility index (Phi) is 5.93. The molecule has 0 radical (unpaired) electrons. The highest BCUT2D eigenvalue weighted by atomic mass is 16.6. The number of hydrogen-bond acceptors (Lipinski definition) is 3. The first kappa shape index (κ1) is 20.3. The maximum absolute atomic E-state index is 13.1. The number of amides is 1. The lowest BCUT2D eigenvalue weighted by Crippen LogP contribution is -2.37. The molecule has 2 aliphatic rings. The van der Waals surface area contributed by atoms with Crippen LogP contribution in [-0.4, -0.2) is 30.8 Å². The van der Waals surface area contributed by atoms with Crippen molar-refractivity contribution >= 4 is 6.09 Å². The third kappa shape index (κ3) is 3.62. The largest absolute Gasteiger partial charge is 0.499 e. The predicted molar refractivity (Wildman–Crippen MR) is 119 cm³/mol. The molecular weight excluding hydrogens is 374 g/mol. The molecule has 1 atom stereocenters. The maximum Gasteiger partial charge on any atom is 0.414 e. The highest BCUT2D eigenvalue weighted by Crippen LogP contribution is 2.44. The van der Waals surface area contributed by atoms with E-state index < -0.39 is 0 Å². The van der Waals surface area contributed by atoms with Gasteiger partial charge in [-0.1, -0.05) is 81.3 Å². The summed E-state index contributed by atoms with van der Waals surface area (Å²) in [5, 5.41) is 0. The van der Waals surface area contributed by atoms with Crippen molar-refractivity contribution < 1.29 is 14.3 Å². The fourth-order valence-electron chi connectivity index (χ4n) is 4.62. The fourth-order valence-corrected chi connectivity index (χ4v) is 4.62. The molecule has 0 N–H and O–H groups in total. The molecule has 0 saturated heterocycles. The van der Waals surface area contributed by atoms with Crippen molar-refractivity contribution in [2.45, 2.75) is 44.6 Å². The predicted octanol–water partition coefficient (Wildman–Crippen LogP) is 6.24. The first-order chi connectivity index (χ1) is 14.7. The number of ether oxygens (including phenoxy) is 2. The van der Waals surface area contributed by atoms with E-state index in [4.69, 9.17) is 9.47 Å². The summed E-state index contributed by atoms with van der Waals surface area (Å²) in [7, 11) is 1.65. The van der Waals surface area contributed by atoms with Crippen LogP contribution in [0.4, 0.5) is 4.79 Å². The van der Waals surface area contributed by atoms with E-state index in [0.29, 0.717) is 12.3 Å². The molecule has 0 unspecified atom stereocenters. The van der Waals surface area contributed by atoms with Gasteiger partial charge in [-0.05, 0) is 28.7 Å². The van der Waals surface area contributed by atoms with E-state index in [0.717, 1.165) is 31.4 Å². The van der Waals surface area contributed by atoms with Gasteiger partial charge in [0.05, 0.1) is 13.2 Å². The average Bonchev–Trinajstić information content (AvgIpc) is 3.26. The number of unbranched alkanes of at least 4 members (excludes halogenated alkanes) is 2. The molecule has 0 aromatic heterocycles. The summed E-state index contributed by atoms with van der Waals surface area (Å²) in [6.45, 7) is 6.53. The Bertz CT molecular complexity index is 932. The van der Waals surface area contributed by atoms with Crippen LogP contribution >= 0.6 is 0 Å². The van der Waals surface area contributed by atoms with E-state index in [1.54, 1.807) is 12.0 Å². The maximum atomic E-state index is 13.1. The van der Waals surface area contributed by atoms with Crippen LogP contribution in [0.2, 0.25) is 0 Å². The van der Waals surface area contributed by atoms with Crippen LogP contribution < -0.4 is 0 Å². The summed E-state index contributed by atoms with van der Waals surface area (Å²) in [6, 6.07) is 16.6. The molecule has 4 rings (SSSR count). The molecule has 2 aromatic rings. The Balaban J connectivity index is 1.50. The third-order valence-corrected chi connectivity index (χ3v) is 6.11. The second-order valence-corrected chi connectivity index (χ2v) is 7.93. The molecule has 4 heteroatoms. The monoisotopic (exact) mass is 403 g/mol. The van der Waals surface area contributed by atoms with Crippen LogP contribution in [0.3, 0.4) is 0 Å². The van der Waals surface area contributed by atoms with Gasteiger partial charge in [0, 0.05) is 17.7 Å². The first-order valence-electron chi connectivity index (χ1n) is 10.7. The summed E-state index contributed by atoms with van der Waals surface area (Å²) in [6.07, 6.45) is 5.62. The number of allylic oxidation sites excluding steroid dienone is 1. The van der Waals surface area contributed by atoms with Gasteiger partial charge in [-0.15, -0.1) is 0 Å². The lowest BCUT2D eigenvalue weighted by molar-refractivity contribution is 0.0967. The van der Waals surface area contributed by atoms with Crippen LogP contribution in [0.5, 0.6) is 0 Å². The topological polar surface area (TPSA) is 38.8 Å². The van der Waals surface area contributed by atoms with Gasteiger partial charge in [-0.2, -0.15) is 0 Å². The lowest BCUT2D eigenvalue weighted by atomic mass is 9.98. The van der Waals surface area contributed by atoms with Crippen molar-refractivity contribution in [3.63, 3.8) is 0 Å². The number of nitrogens with zero attached hydrogens (tertiary/aromatic N) is 1. The Labute approximate surface area is 178 Å². The minimum atomic E-state index is -0.355. The molecule has 1 heterocycles. The van der Waals surface area contributed by atoms with E-state index in [1.807, 2.05) is 18.2 Å². The Morgan fingerprint density at radius 2 is 1.67 bits per heavy atom. The molecule has 0 spiro atoms. The molecular formula is C26H29NO3. The molecule has 1 aliphatic heterocycles.